The first-order valence-electron chi connectivity index (χ1n) is 10.4. The van der Waals surface area contributed by atoms with Crippen molar-refractivity contribution in [1.82, 2.24) is 25.6 Å². The summed E-state index contributed by atoms with van der Waals surface area (Å²) >= 11 is 0. The number of para-hydroxylation sites is 1. The van der Waals surface area contributed by atoms with E-state index in [4.69, 9.17) is 4.74 Å². The number of aromatic amines is 1. The second-order valence-corrected chi connectivity index (χ2v) is 7.46. The maximum absolute atomic E-state index is 6.03. The Morgan fingerprint density at radius 3 is 2.55 bits per heavy atom. The maximum Gasteiger partial charge on any atom is 0.197 e. The van der Waals surface area contributed by atoms with Gasteiger partial charge in [-0.25, -0.2) is 4.98 Å². The van der Waals surface area contributed by atoms with Crippen molar-refractivity contribution in [1.29, 1.82) is 0 Å². The van der Waals surface area contributed by atoms with Gasteiger partial charge in [0, 0.05) is 5.39 Å². The molecular weight excluding hydrogens is 434 g/mol. The van der Waals surface area contributed by atoms with E-state index in [2.05, 4.69) is 74.1 Å². The average molecular weight is 456 g/mol. The number of nitrogens with zero attached hydrogens (tertiary/aromatic N) is 4. The zero-order chi connectivity index (χ0) is 21.6. The Balaban J connectivity index is 0.00000259. The molecule has 0 atom stereocenters. The van der Waals surface area contributed by atoms with Gasteiger partial charge in [-0.1, -0.05) is 66.7 Å². The molecule has 0 saturated heterocycles. The highest BCUT2D eigenvalue weighted by atomic mass is 35.5. The Kier molecular flexibility index (Phi) is 7.07. The molecule has 0 bridgehead atoms. The van der Waals surface area contributed by atoms with Gasteiger partial charge in [0.1, 0.15) is 12.4 Å². The summed E-state index contributed by atoms with van der Waals surface area (Å²) in [6.07, 6.45) is 4.62. The third-order valence-corrected chi connectivity index (χ3v) is 5.09. The Morgan fingerprint density at radius 1 is 0.818 bits per heavy atom. The molecule has 7 heteroatoms. The van der Waals surface area contributed by atoms with Crippen LogP contribution in [0.4, 0.5) is 0 Å². The normalized spacial score (nSPS) is 10.9. The van der Waals surface area contributed by atoms with Gasteiger partial charge in [0.05, 0.1) is 11.2 Å². The van der Waals surface area contributed by atoms with Crippen LogP contribution in [-0.4, -0.2) is 25.6 Å². The number of H-pyrrole nitrogens is 1. The number of ether oxygens (including phenoxy) is 1. The van der Waals surface area contributed by atoms with E-state index in [9.17, 15) is 0 Å². The second kappa shape index (κ2) is 10.5. The van der Waals surface area contributed by atoms with Gasteiger partial charge in [-0.3, -0.25) is 0 Å². The number of fused-ring (bicyclic) bond motifs is 1. The summed E-state index contributed by atoms with van der Waals surface area (Å²) in [5.41, 5.74) is 5.38. The molecular formula is C26H22ClN5O. The van der Waals surface area contributed by atoms with Crippen molar-refractivity contribution in [2.24, 2.45) is 0 Å². The van der Waals surface area contributed by atoms with Crippen LogP contribution >= 0.6 is 12.4 Å². The van der Waals surface area contributed by atoms with Crippen molar-refractivity contribution in [3.8, 4) is 5.75 Å². The number of halogens is 1. The number of nitrogens with one attached hydrogen (secondary N) is 1. The number of rotatable bonds is 7. The molecule has 164 valence electrons. The molecule has 0 spiro atoms. The lowest BCUT2D eigenvalue weighted by atomic mass is 10.0. The topological polar surface area (TPSA) is 76.6 Å². The molecule has 6 nitrogen and oxygen atoms in total. The summed E-state index contributed by atoms with van der Waals surface area (Å²) in [4.78, 5) is 4.68. The number of hydrogen-bond donors (Lipinski definition) is 1. The van der Waals surface area contributed by atoms with Crippen molar-refractivity contribution >= 4 is 35.5 Å². The molecule has 1 N–H and O–H groups in total. The first-order chi connectivity index (χ1) is 15.8. The molecule has 2 aromatic heterocycles. The smallest absolute Gasteiger partial charge is 0.197 e. The Hall–Kier alpha value is -4.03. The van der Waals surface area contributed by atoms with Gasteiger partial charge in [-0.05, 0) is 58.7 Å². The molecule has 33 heavy (non-hydrogen) atoms. The van der Waals surface area contributed by atoms with Crippen LogP contribution in [0.1, 0.15) is 28.2 Å². The number of hydrogen-bond acceptors (Lipinski definition) is 5. The van der Waals surface area contributed by atoms with Gasteiger partial charge in [0.15, 0.2) is 5.82 Å². The number of pyridine rings is 1. The van der Waals surface area contributed by atoms with Crippen LogP contribution in [0.15, 0.2) is 84.9 Å². The molecule has 0 radical (unpaired) electrons. The molecule has 0 aliphatic carbocycles. The van der Waals surface area contributed by atoms with Crippen LogP contribution in [0.3, 0.4) is 0 Å². The van der Waals surface area contributed by atoms with E-state index in [1.807, 2.05) is 48.6 Å². The van der Waals surface area contributed by atoms with Gasteiger partial charge in [0.2, 0.25) is 0 Å². The summed E-state index contributed by atoms with van der Waals surface area (Å²) in [7, 11) is 0. The fraction of sp³-hybridized carbons (Fsp3) is 0.0769. The molecule has 0 amide bonds. The molecule has 0 aliphatic heterocycles. The van der Waals surface area contributed by atoms with Crippen molar-refractivity contribution in [2.75, 3.05) is 0 Å². The summed E-state index contributed by atoms with van der Waals surface area (Å²) in [5.74, 6) is 1.40. The minimum Gasteiger partial charge on any atom is -0.487 e. The van der Waals surface area contributed by atoms with Gasteiger partial charge < -0.3 is 4.74 Å². The highest BCUT2D eigenvalue weighted by Gasteiger charge is 2.03. The standard InChI is InChI=1S/C26H21N5O.ClH/c1-2-10-25-22(8-1)12-13-23(27-25)18-32-24-9-4-7-21(17-24)16-20-6-3-5-19(15-20)11-14-26-28-30-31-29-26;/h1-15,17H,16,18H2,(H,28,29,30,31);1H. The zero-order valence-electron chi connectivity index (χ0n) is 17.8. The number of aromatic nitrogens is 5. The third-order valence-electron chi connectivity index (χ3n) is 5.09. The maximum atomic E-state index is 6.03. The van der Waals surface area contributed by atoms with Crippen LogP contribution in [0.5, 0.6) is 5.75 Å². The lowest BCUT2D eigenvalue weighted by Gasteiger charge is -2.09. The van der Waals surface area contributed by atoms with E-state index in [0.29, 0.717) is 12.4 Å². The summed E-state index contributed by atoms with van der Waals surface area (Å²) in [6, 6.07) is 28.8. The van der Waals surface area contributed by atoms with E-state index in [0.717, 1.165) is 34.3 Å². The fourth-order valence-corrected chi connectivity index (χ4v) is 3.54. The van der Waals surface area contributed by atoms with Crippen LogP contribution in [0, 0.1) is 0 Å². The largest absolute Gasteiger partial charge is 0.487 e. The lowest BCUT2D eigenvalue weighted by molar-refractivity contribution is 0.301. The predicted molar refractivity (Wildman–Crippen MR) is 132 cm³/mol. The fourth-order valence-electron chi connectivity index (χ4n) is 3.54. The van der Waals surface area contributed by atoms with Crippen molar-refractivity contribution in [3.05, 3.63) is 113 Å². The predicted octanol–water partition coefficient (Wildman–Crippen LogP) is 5.51. The van der Waals surface area contributed by atoms with Gasteiger partial charge in [-0.15, -0.1) is 22.6 Å². The van der Waals surface area contributed by atoms with Crippen LogP contribution < -0.4 is 4.74 Å². The van der Waals surface area contributed by atoms with Crippen LogP contribution in [0.2, 0.25) is 0 Å². The Morgan fingerprint density at radius 2 is 1.67 bits per heavy atom. The lowest BCUT2D eigenvalue weighted by Crippen LogP contribution is -1.99. The summed E-state index contributed by atoms with van der Waals surface area (Å²) in [6.45, 7) is 0.435. The van der Waals surface area contributed by atoms with Crippen LogP contribution in [-0.2, 0) is 13.0 Å². The van der Waals surface area contributed by atoms with Gasteiger partial charge in [0.25, 0.3) is 0 Å². The molecule has 0 unspecified atom stereocenters. The Labute approximate surface area is 197 Å². The molecule has 3 aromatic carbocycles. The average Bonchev–Trinajstić information content (AvgIpc) is 3.36. The first kappa shape index (κ1) is 22.2. The van der Waals surface area contributed by atoms with Crippen LogP contribution in [0.25, 0.3) is 23.1 Å². The molecule has 0 saturated carbocycles. The number of benzene rings is 3. The highest BCUT2D eigenvalue weighted by Crippen LogP contribution is 2.19. The van der Waals surface area contributed by atoms with E-state index in [-0.39, 0.29) is 12.4 Å². The minimum absolute atomic E-state index is 0. The monoisotopic (exact) mass is 455 g/mol. The zero-order valence-corrected chi connectivity index (χ0v) is 18.6. The van der Waals surface area contributed by atoms with Crippen molar-refractivity contribution < 1.29 is 4.74 Å². The van der Waals surface area contributed by atoms with Gasteiger partial charge >= 0.3 is 0 Å². The summed E-state index contributed by atoms with van der Waals surface area (Å²) < 4.78 is 6.03. The van der Waals surface area contributed by atoms with E-state index in [1.54, 1.807) is 0 Å². The molecule has 0 aliphatic rings. The molecule has 0 fully saturated rings. The quantitative estimate of drug-likeness (QED) is 0.350. The molecule has 5 aromatic rings. The van der Waals surface area contributed by atoms with Crippen molar-refractivity contribution in [3.63, 3.8) is 0 Å². The van der Waals surface area contributed by atoms with E-state index in [1.165, 1.54) is 11.1 Å². The van der Waals surface area contributed by atoms with Crippen molar-refractivity contribution in [2.45, 2.75) is 13.0 Å². The van der Waals surface area contributed by atoms with Gasteiger partial charge in [-0.2, -0.15) is 5.21 Å². The third kappa shape index (κ3) is 5.81. The SMILES string of the molecule is C(=Cc1nn[nH]n1)c1cccc(Cc2cccc(OCc3ccc4ccccc4n3)c2)c1.Cl. The van der Waals surface area contributed by atoms with E-state index < -0.39 is 0 Å². The molecule has 5 rings (SSSR count). The first-order valence-corrected chi connectivity index (χ1v) is 10.4. The molecule has 2 heterocycles. The highest BCUT2D eigenvalue weighted by molar-refractivity contribution is 5.85. The Bertz CT molecular complexity index is 1370. The summed E-state index contributed by atoms with van der Waals surface area (Å²) in [5, 5.41) is 15.0. The van der Waals surface area contributed by atoms with E-state index >= 15 is 0 Å². The number of tetrazole rings is 1. The minimum atomic E-state index is 0. The second-order valence-electron chi connectivity index (χ2n) is 7.46.